The van der Waals surface area contributed by atoms with Crippen LogP contribution >= 0.6 is 0 Å². The first-order valence-electron chi connectivity index (χ1n) is 6.90. The van der Waals surface area contributed by atoms with Gasteiger partial charge in [-0.15, -0.1) is 0 Å². The molecule has 0 aliphatic rings. The molecule has 0 fully saturated rings. The predicted molar refractivity (Wildman–Crippen MR) is 80.5 cm³/mol. The van der Waals surface area contributed by atoms with Crippen molar-refractivity contribution in [3.63, 3.8) is 0 Å². The summed E-state index contributed by atoms with van der Waals surface area (Å²) in [5.41, 5.74) is 2.69. The zero-order valence-electron chi connectivity index (χ0n) is 13.1. The van der Waals surface area contributed by atoms with Crippen LogP contribution in [0.25, 0.3) is 0 Å². The maximum absolute atomic E-state index is 5.41. The number of hydrogen-bond acceptors (Lipinski definition) is 3. The SMILES string of the molecule is CCNCCC(C)(C)c1cc(OC)c(OC)cc1C. The van der Waals surface area contributed by atoms with Crippen LogP contribution in [0.2, 0.25) is 0 Å². The van der Waals surface area contributed by atoms with Gasteiger partial charge in [0.15, 0.2) is 11.5 Å². The third-order valence-electron chi connectivity index (χ3n) is 3.64. The van der Waals surface area contributed by atoms with Gasteiger partial charge in [-0.2, -0.15) is 0 Å². The fourth-order valence-electron chi connectivity index (χ4n) is 2.42. The van der Waals surface area contributed by atoms with Crippen molar-refractivity contribution < 1.29 is 9.47 Å². The molecule has 0 atom stereocenters. The lowest BCUT2D eigenvalue weighted by atomic mass is 9.79. The third-order valence-corrected chi connectivity index (χ3v) is 3.64. The molecular weight excluding hydrogens is 238 g/mol. The average Bonchev–Trinajstić information content (AvgIpc) is 2.38. The van der Waals surface area contributed by atoms with Gasteiger partial charge in [0.25, 0.3) is 0 Å². The van der Waals surface area contributed by atoms with E-state index >= 15 is 0 Å². The van der Waals surface area contributed by atoms with Crippen LogP contribution in [-0.2, 0) is 5.41 Å². The van der Waals surface area contributed by atoms with E-state index in [1.54, 1.807) is 14.2 Å². The molecule has 0 aromatic heterocycles. The van der Waals surface area contributed by atoms with E-state index < -0.39 is 0 Å². The molecule has 0 aliphatic heterocycles. The average molecular weight is 265 g/mol. The zero-order valence-corrected chi connectivity index (χ0v) is 13.1. The van der Waals surface area contributed by atoms with E-state index in [0.29, 0.717) is 0 Å². The molecule has 108 valence electrons. The number of benzene rings is 1. The van der Waals surface area contributed by atoms with Crippen molar-refractivity contribution >= 4 is 0 Å². The Labute approximate surface area is 117 Å². The summed E-state index contributed by atoms with van der Waals surface area (Å²) in [5.74, 6) is 1.60. The summed E-state index contributed by atoms with van der Waals surface area (Å²) in [7, 11) is 3.36. The molecule has 1 rings (SSSR count). The van der Waals surface area contributed by atoms with E-state index in [2.05, 4.69) is 45.1 Å². The molecule has 0 amide bonds. The largest absolute Gasteiger partial charge is 0.493 e. The van der Waals surface area contributed by atoms with Crippen LogP contribution in [0.4, 0.5) is 0 Å². The molecule has 0 heterocycles. The van der Waals surface area contributed by atoms with E-state index in [0.717, 1.165) is 31.0 Å². The van der Waals surface area contributed by atoms with Gasteiger partial charge in [0.05, 0.1) is 14.2 Å². The molecule has 0 spiro atoms. The maximum atomic E-state index is 5.41. The van der Waals surface area contributed by atoms with Crippen molar-refractivity contribution in [3.05, 3.63) is 23.3 Å². The molecule has 19 heavy (non-hydrogen) atoms. The van der Waals surface area contributed by atoms with Crippen molar-refractivity contribution in [3.8, 4) is 11.5 Å². The molecule has 0 saturated carbocycles. The maximum Gasteiger partial charge on any atom is 0.161 e. The Morgan fingerprint density at radius 1 is 1.11 bits per heavy atom. The Morgan fingerprint density at radius 3 is 2.21 bits per heavy atom. The Balaban J connectivity index is 3.04. The van der Waals surface area contributed by atoms with Crippen molar-refractivity contribution in [2.75, 3.05) is 27.3 Å². The van der Waals surface area contributed by atoms with Crippen molar-refractivity contribution in [2.45, 2.75) is 39.5 Å². The van der Waals surface area contributed by atoms with Crippen LogP contribution in [0.1, 0.15) is 38.3 Å². The lowest BCUT2D eigenvalue weighted by molar-refractivity contribution is 0.352. The van der Waals surface area contributed by atoms with Crippen LogP contribution in [0.5, 0.6) is 11.5 Å². The van der Waals surface area contributed by atoms with Gasteiger partial charge >= 0.3 is 0 Å². The van der Waals surface area contributed by atoms with Crippen LogP contribution < -0.4 is 14.8 Å². The van der Waals surface area contributed by atoms with Crippen LogP contribution in [0, 0.1) is 6.92 Å². The van der Waals surface area contributed by atoms with Gasteiger partial charge in [0, 0.05) is 0 Å². The van der Waals surface area contributed by atoms with Gasteiger partial charge in [-0.25, -0.2) is 0 Å². The Morgan fingerprint density at radius 2 is 1.68 bits per heavy atom. The summed E-state index contributed by atoms with van der Waals surface area (Å²) in [5, 5.41) is 3.39. The minimum Gasteiger partial charge on any atom is -0.493 e. The van der Waals surface area contributed by atoms with Gasteiger partial charge in [-0.05, 0) is 55.1 Å². The smallest absolute Gasteiger partial charge is 0.161 e. The molecule has 3 nitrogen and oxygen atoms in total. The van der Waals surface area contributed by atoms with Crippen LogP contribution in [-0.4, -0.2) is 27.3 Å². The minimum atomic E-state index is 0.117. The van der Waals surface area contributed by atoms with Gasteiger partial charge in [0.1, 0.15) is 0 Å². The summed E-state index contributed by atoms with van der Waals surface area (Å²) in [6.45, 7) is 10.9. The van der Waals surface area contributed by atoms with Crippen molar-refractivity contribution in [1.82, 2.24) is 5.32 Å². The molecule has 0 aliphatic carbocycles. The van der Waals surface area contributed by atoms with Gasteiger partial charge < -0.3 is 14.8 Å². The minimum absolute atomic E-state index is 0.117. The third kappa shape index (κ3) is 3.87. The number of aryl methyl sites for hydroxylation is 1. The first-order valence-corrected chi connectivity index (χ1v) is 6.90. The predicted octanol–water partition coefficient (Wildman–Crippen LogP) is 3.29. The van der Waals surface area contributed by atoms with E-state index in [-0.39, 0.29) is 5.41 Å². The summed E-state index contributed by atoms with van der Waals surface area (Å²) < 4.78 is 10.8. The molecule has 0 bridgehead atoms. The van der Waals surface area contributed by atoms with E-state index in [9.17, 15) is 0 Å². The summed E-state index contributed by atoms with van der Waals surface area (Å²) in [4.78, 5) is 0. The molecule has 1 N–H and O–H groups in total. The Hall–Kier alpha value is -1.22. The number of nitrogens with one attached hydrogen (secondary N) is 1. The highest BCUT2D eigenvalue weighted by Gasteiger charge is 2.24. The number of methoxy groups -OCH3 is 2. The summed E-state index contributed by atoms with van der Waals surface area (Å²) in [6, 6.07) is 4.17. The molecule has 0 saturated heterocycles. The fraction of sp³-hybridized carbons (Fsp3) is 0.625. The van der Waals surface area contributed by atoms with E-state index in [4.69, 9.17) is 9.47 Å². The Kier molecular flexibility index (Phi) is 5.67. The molecule has 1 aromatic rings. The van der Waals surface area contributed by atoms with Gasteiger partial charge in [-0.3, -0.25) is 0 Å². The van der Waals surface area contributed by atoms with Crippen molar-refractivity contribution in [1.29, 1.82) is 0 Å². The number of hydrogen-bond donors (Lipinski definition) is 1. The fourth-order valence-corrected chi connectivity index (χ4v) is 2.42. The second-order valence-electron chi connectivity index (χ2n) is 5.51. The van der Waals surface area contributed by atoms with E-state index in [1.807, 2.05) is 0 Å². The quantitative estimate of drug-likeness (QED) is 0.767. The monoisotopic (exact) mass is 265 g/mol. The second kappa shape index (κ2) is 6.80. The lowest BCUT2D eigenvalue weighted by Gasteiger charge is -2.28. The van der Waals surface area contributed by atoms with Crippen LogP contribution in [0.3, 0.4) is 0 Å². The normalized spacial score (nSPS) is 11.5. The van der Waals surface area contributed by atoms with Crippen molar-refractivity contribution in [2.24, 2.45) is 0 Å². The topological polar surface area (TPSA) is 30.5 Å². The summed E-state index contributed by atoms with van der Waals surface area (Å²) >= 11 is 0. The van der Waals surface area contributed by atoms with E-state index in [1.165, 1.54) is 11.1 Å². The molecule has 0 unspecified atom stereocenters. The lowest BCUT2D eigenvalue weighted by Crippen LogP contribution is -2.26. The summed E-state index contributed by atoms with van der Waals surface area (Å²) in [6.07, 6.45) is 1.09. The van der Waals surface area contributed by atoms with Gasteiger partial charge in [0.2, 0.25) is 0 Å². The first-order chi connectivity index (χ1) is 8.96. The zero-order chi connectivity index (χ0) is 14.5. The molecular formula is C16H27NO2. The van der Waals surface area contributed by atoms with Crippen LogP contribution in [0.15, 0.2) is 12.1 Å². The highest BCUT2D eigenvalue weighted by molar-refractivity contribution is 5.49. The van der Waals surface area contributed by atoms with Gasteiger partial charge in [-0.1, -0.05) is 20.8 Å². The molecule has 3 heteroatoms. The standard InChI is InChI=1S/C16H27NO2/c1-7-17-9-8-16(3,4)13-11-15(19-6)14(18-5)10-12(13)2/h10-11,17H,7-9H2,1-6H3. The highest BCUT2D eigenvalue weighted by Crippen LogP contribution is 2.37. The number of ether oxygens (including phenoxy) is 2. The highest BCUT2D eigenvalue weighted by atomic mass is 16.5. The Bertz CT molecular complexity index is 413. The second-order valence-corrected chi connectivity index (χ2v) is 5.51. The molecule has 1 aromatic carbocycles. The number of rotatable bonds is 7. The molecule has 0 radical (unpaired) electrons. The first kappa shape index (κ1) is 15.8.